The molecule has 24 heavy (non-hydrogen) atoms. The van der Waals surface area contributed by atoms with E-state index in [2.05, 4.69) is 59.2 Å². The summed E-state index contributed by atoms with van der Waals surface area (Å²) in [5.41, 5.74) is 6.76. The molecule has 0 amide bonds. The van der Waals surface area contributed by atoms with E-state index >= 15 is 0 Å². The lowest BCUT2D eigenvalue weighted by atomic mass is 10.1. The number of anilines is 1. The minimum Gasteiger partial charge on any atom is -0.381 e. The molecule has 122 valence electrons. The third-order valence-electron chi connectivity index (χ3n) is 4.36. The monoisotopic (exact) mass is 319 g/mol. The highest BCUT2D eigenvalue weighted by Gasteiger charge is 2.07. The largest absolute Gasteiger partial charge is 0.381 e. The Labute approximate surface area is 141 Å². The lowest BCUT2D eigenvalue weighted by molar-refractivity contribution is 0.150. The van der Waals surface area contributed by atoms with Crippen LogP contribution in [0.4, 0.5) is 5.69 Å². The van der Waals surface area contributed by atoms with Crippen molar-refractivity contribution in [2.75, 3.05) is 25.1 Å². The summed E-state index contributed by atoms with van der Waals surface area (Å²) in [6.07, 6.45) is 7.40. The Bertz CT molecular complexity index is 878. The second kappa shape index (κ2) is 6.49. The SMILES string of the molecule is Cc1cccn2cc(-c3ccc(NCC4=CCCOC4)cc3)nc12. The zero-order valence-corrected chi connectivity index (χ0v) is 13.8. The first-order valence-electron chi connectivity index (χ1n) is 8.34. The number of rotatable bonds is 4. The van der Waals surface area contributed by atoms with Crippen LogP contribution in [0.3, 0.4) is 0 Å². The highest BCUT2D eigenvalue weighted by Crippen LogP contribution is 2.22. The lowest BCUT2D eigenvalue weighted by Crippen LogP contribution is -2.13. The summed E-state index contributed by atoms with van der Waals surface area (Å²) >= 11 is 0. The number of pyridine rings is 1. The molecular formula is C20H21N3O. The molecule has 0 atom stereocenters. The normalized spacial score (nSPS) is 14.6. The van der Waals surface area contributed by atoms with Crippen molar-refractivity contribution in [3.05, 3.63) is 66.0 Å². The number of aryl methyl sites for hydroxylation is 1. The maximum absolute atomic E-state index is 5.47. The number of fused-ring (bicyclic) bond motifs is 1. The zero-order valence-electron chi connectivity index (χ0n) is 13.8. The van der Waals surface area contributed by atoms with E-state index in [1.54, 1.807) is 0 Å². The van der Waals surface area contributed by atoms with Crippen LogP contribution >= 0.6 is 0 Å². The summed E-state index contributed by atoms with van der Waals surface area (Å²) in [6.45, 7) is 4.51. The van der Waals surface area contributed by atoms with Crippen LogP contribution in [0.15, 0.2) is 60.4 Å². The number of aromatic nitrogens is 2. The van der Waals surface area contributed by atoms with Crippen molar-refractivity contribution in [3.63, 3.8) is 0 Å². The molecule has 0 spiro atoms. The molecule has 0 aliphatic carbocycles. The molecule has 4 rings (SSSR count). The van der Waals surface area contributed by atoms with E-state index in [0.29, 0.717) is 0 Å². The van der Waals surface area contributed by atoms with Crippen LogP contribution in [0.5, 0.6) is 0 Å². The van der Waals surface area contributed by atoms with Crippen LogP contribution < -0.4 is 5.32 Å². The van der Waals surface area contributed by atoms with Gasteiger partial charge in [0.25, 0.3) is 0 Å². The van der Waals surface area contributed by atoms with Crippen LogP contribution in [-0.2, 0) is 4.74 Å². The molecule has 3 heterocycles. The number of hydrogen-bond acceptors (Lipinski definition) is 3. The van der Waals surface area contributed by atoms with Gasteiger partial charge in [0, 0.05) is 30.2 Å². The number of nitrogens with one attached hydrogen (secondary N) is 1. The van der Waals surface area contributed by atoms with Gasteiger partial charge in [-0.1, -0.05) is 24.3 Å². The van der Waals surface area contributed by atoms with Gasteiger partial charge in [-0.15, -0.1) is 0 Å². The summed E-state index contributed by atoms with van der Waals surface area (Å²) in [7, 11) is 0. The lowest BCUT2D eigenvalue weighted by Gasteiger charge is -2.15. The quantitative estimate of drug-likeness (QED) is 0.737. The molecule has 0 fully saturated rings. The second-order valence-electron chi connectivity index (χ2n) is 6.18. The average Bonchev–Trinajstić information content (AvgIpc) is 3.07. The Morgan fingerprint density at radius 2 is 2.08 bits per heavy atom. The number of hydrogen-bond donors (Lipinski definition) is 1. The minimum absolute atomic E-state index is 0.742. The molecule has 0 radical (unpaired) electrons. The van der Waals surface area contributed by atoms with E-state index in [0.717, 1.165) is 48.8 Å². The van der Waals surface area contributed by atoms with Gasteiger partial charge in [0.1, 0.15) is 5.65 Å². The van der Waals surface area contributed by atoms with Gasteiger partial charge in [-0.3, -0.25) is 0 Å². The number of ether oxygens (including phenoxy) is 1. The molecule has 1 aliphatic heterocycles. The van der Waals surface area contributed by atoms with Crippen molar-refractivity contribution in [1.29, 1.82) is 0 Å². The van der Waals surface area contributed by atoms with E-state index in [4.69, 9.17) is 9.72 Å². The fraction of sp³-hybridized carbons (Fsp3) is 0.250. The Hall–Kier alpha value is -2.59. The number of imidazole rings is 1. The Morgan fingerprint density at radius 3 is 2.83 bits per heavy atom. The molecule has 0 saturated carbocycles. The van der Waals surface area contributed by atoms with Gasteiger partial charge in [-0.2, -0.15) is 0 Å². The fourth-order valence-corrected chi connectivity index (χ4v) is 3.00. The van der Waals surface area contributed by atoms with Gasteiger partial charge in [0.15, 0.2) is 0 Å². The average molecular weight is 319 g/mol. The van der Waals surface area contributed by atoms with Gasteiger partial charge in [0.2, 0.25) is 0 Å². The molecule has 1 N–H and O–H groups in total. The van der Waals surface area contributed by atoms with Gasteiger partial charge in [-0.25, -0.2) is 4.98 Å². The smallest absolute Gasteiger partial charge is 0.140 e. The first-order chi connectivity index (χ1) is 11.8. The van der Waals surface area contributed by atoms with E-state index in [9.17, 15) is 0 Å². The van der Waals surface area contributed by atoms with Crippen molar-refractivity contribution < 1.29 is 4.74 Å². The third-order valence-corrected chi connectivity index (χ3v) is 4.36. The van der Waals surface area contributed by atoms with Gasteiger partial charge in [-0.05, 0) is 42.7 Å². The zero-order chi connectivity index (χ0) is 16.4. The number of nitrogens with zero attached hydrogens (tertiary/aromatic N) is 2. The number of benzene rings is 1. The topological polar surface area (TPSA) is 38.6 Å². The maximum atomic E-state index is 5.47. The van der Waals surface area contributed by atoms with Gasteiger partial charge >= 0.3 is 0 Å². The fourth-order valence-electron chi connectivity index (χ4n) is 3.00. The minimum atomic E-state index is 0.742. The summed E-state index contributed by atoms with van der Waals surface area (Å²) in [5.74, 6) is 0. The first kappa shape index (κ1) is 15.0. The van der Waals surface area contributed by atoms with Crippen molar-refractivity contribution in [2.24, 2.45) is 0 Å². The summed E-state index contributed by atoms with van der Waals surface area (Å²) < 4.78 is 7.54. The van der Waals surface area contributed by atoms with Crippen LogP contribution in [0.2, 0.25) is 0 Å². The molecule has 1 aromatic carbocycles. The summed E-state index contributed by atoms with van der Waals surface area (Å²) in [6, 6.07) is 12.6. The molecule has 4 heteroatoms. The van der Waals surface area contributed by atoms with E-state index in [1.807, 2.05) is 12.3 Å². The molecular weight excluding hydrogens is 298 g/mol. The van der Waals surface area contributed by atoms with Crippen molar-refractivity contribution in [2.45, 2.75) is 13.3 Å². The van der Waals surface area contributed by atoms with Gasteiger partial charge in [0.05, 0.1) is 18.9 Å². The maximum Gasteiger partial charge on any atom is 0.140 e. The van der Waals surface area contributed by atoms with Crippen LogP contribution in [-0.4, -0.2) is 29.1 Å². The van der Waals surface area contributed by atoms with Crippen molar-refractivity contribution >= 4 is 11.3 Å². The molecule has 4 nitrogen and oxygen atoms in total. The molecule has 3 aromatic rings. The molecule has 0 unspecified atom stereocenters. The van der Waals surface area contributed by atoms with Crippen LogP contribution in [0.25, 0.3) is 16.9 Å². The van der Waals surface area contributed by atoms with Crippen molar-refractivity contribution in [1.82, 2.24) is 9.38 Å². The Morgan fingerprint density at radius 1 is 1.21 bits per heavy atom. The molecule has 1 aliphatic rings. The standard InChI is InChI=1S/C20H21N3O/c1-15-4-2-10-23-13-19(22-20(15)23)17-6-8-18(9-7-17)21-12-16-5-3-11-24-14-16/h2,4-10,13,21H,3,11-12,14H2,1H3. The van der Waals surface area contributed by atoms with E-state index < -0.39 is 0 Å². The van der Waals surface area contributed by atoms with E-state index in [-0.39, 0.29) is 0 Å². The predicted octanol–water partition coefficient (Wildman–Crippen LogP) is 4.07. The van der Waals surface area contributed by atoms with Gasteiger partial charge < -0.3 is 14.5 Å². The molecule has 0 bridgehead atoms. The van der Waals surface area contributed by atoms with Crippen LogP contribution in [0, 0.1) is 6.92 Å². The Kier molecular flexibility index (Phi) is 4.05. The first-order valence-corrected chi connectivity index (χ1v) is 8.34. The summed E-state index contributed by atoms with van der Waals surface area (Å²) in [4.78, 5) is 4.75. The van der Waals surface area contributed by atoms with Crippen LogP contribution in [0.1, 0.15) is 12.0 Å². The molecule has 2 aromatic heterocycles. The second-order valence-corrected chi connectivity index (χ2v) is 6.18. The molecule has 0 saturated heterocycles. The summed E-state index contributed by atoms with van der Waals surface area (Å²) in [5, 5.41) is 3.45. The third kappa shape index (κ3) is 3.05. The highest BCUT2D eigenvalue weighted by molar-refractivity contribution is 5.66. The predicted molar refractivity (Wildman–Crippen MR) is 97.4 cm³/mol. The van der Waals surface area contributed by atoms with E-state index in [1.165, 1.54) is 11.1 Å². The highest BCUT2D eigenvalue weighted by atomic mass is 16.5. The Balaban J connectivity index is 1.50. The van der Waals surface area contributed by atoms with Crippen molar-refractivity contribution in [3.8, 4) is 11.3 Å².